The molecule has 1 atom stereocenters. The first kappa shape index (κ1) is 15.8. The van der Waals surface area contributed by atoms with Crippen molar-refractivity contribution in [2.75, 3.05) is 13.1 Å². The van der Waals surface area contributed by atoms with E-state index in [0.29, 0.717) is 11.5 Å². The number of H-pyrrole nitrogens is 1. The lowest BCUT2D eigenvalue weighted by atomic mass is 9.94. The quantitative estimate of drug-likeness (QED) is 0.779. The van der Waals surface area contributed by atoms with Crippen LogP contribution in [0, 0.1) is 13.8 Å². The second-order valence-corrected chi connectivity index (χ2v) is 6.92. The number of benzene rings is 1. The Labute approximate surface area is 147 Å². The van der Waals surface area contributed by atoms with Crippen molar-refractivity contribution in [2.45, 2.75) is 32.6 Å². The van der Waals surface area contributed by atoms with E-state index in [2.05, 4.69) is 34.2 Å². The summed E-state index contributed by atoms with van der Waals surface area (Å²) in [4.78, 5) is 19.7. The topological polar surface area (TPSA) is 61.9 Å². The Balaban J connectivity index is 1.63. The van der Waals surface area contributed by atoms with E-state index < -0.39 is 0 Å². The molecule has 1 aliphatic heterocycles. The zero-order valence-electron chi connectivity index (χ0n) is 14.6. The predicted octanol–water partition coefficient (Wildman–Crippen LogP) is 3.59. The van der Waals surface area contributed by atoms with Gasteiger partial charge < -0.3 is 4.90 Å². The van der Waals surface area contributed by atoms with Crippen LogP contribution >= 0.6 is 0 Å². The maximum absolute atomic E-state index is 13.1. The van der Waals surface area contributed by atoms with E-state index in [1.165, 1.54) is 5.56 Å². The minimum absolute atomic E-state index is 0.0811. The van der Waals surface area contributed by atoms with E-state index >= 15 is 0 Å². The maximum atomic E-state index is 13.1. The van der Waals surface area contributed by atoms with Crippen molar-refractivity contribution >= 4 is 16.8 Å². The van der Waals surface area contributed by atoms with E-state index in [-0.39, 0.29) is 5.91 Å². The molecule has 1 saturated heterocycles. The Morgan fingerprint density at radius 2 is 2.12 bits per heavy atom. The van der Waals surface area contributed by atoms with E-state index in [4.69, 9.17) is 0 Å². The second kappa shape index (κ2) is 6.31. The van der Waals surface area contributed by atoms with Crippen LogP contribution in [-0.2, 0) is 0 Å². The first-order valence-electron chi connectivity index (χ1n) is 8.78. The number of aromatic amines is 1. The molecule has 4 rings (SSSR count). The smallest absolute Gasteiger partial charge is 0.255 e. The Bertz CT molecular complexity index is 917. The summed E-state index contributed by atoms with van der Waals surface area (Å²) < 4.78 is 0. The number of hydrogen-bond acceptors (Lipinski definition) is 3. The zero-order chi connectivity index (χ0) is 17.4. The molecule has 0 saturated carbocycles. The molecule has 0 radical (unpaired) electrons. The molecule has 128 valence electrons. The van der Waals surface area contributed by atoms with E-state index in [1.807, 2.05) is 30.0 Å². The molecular weight excluding hydrogens is 312 g/mol. The van der Waals surface area contributed by atoms with Crippen molar-refractivity contribution in [1.29, 1.82) is 0 Å². The van der Waals surface area contributed by atoms with Gasteiger partial charge in [-0.3, -0.25) is 14.9 Å². The number of aryl methyl sites for hydroxylation is 2. The fourth-order valence-corrected chi connectivity index (χ4v) is 3.69. The fourth-order valence-electron chi connectivity index (χ4n) is 3.69. The van der Waals surface area contributed by atoms with E-state index in [9.17, 15) is 4.79 Å². The molecule has 1 amide bonds. The summed E-state index contributed by atoms with van der Waals surface area (Å²) in [5, 5.41) is 8.12. The average Bonchev–Trinajstić information content (AvgIpc) is 3.16. The van der Waals surface area contributed by atoms with Crippen molar-refractivity contribution in [3.05, 3.63) is 59.0 Å². The van der Waals surface area contributed by atoms with Gasteiger partial charge in [-0.2, -0.15) is 5.10 Å². The summed E-state index contributed by atoms with van der Waals surface area (Å²) in [7, 11) is 0. The van der Waals surface area contributed by atoms with Crippen molar-refractivity contribution in [1.82, 2.24) is 20.1 Å². The van der Waals surface area contributed by atoms with Crippen LogP contribution in [0.25, 0.3) is 10.9 Å². The molecule has 2 aromatic heterocycles. The van der Waals surface area contributed by atoms with Crippen LogP contribution in [-0.4, -0.2) is 39.1 Å². The highest BCUT2D eigenvalue weighted by Gasteiger charge is 2.27. The molecule has 1 N–H and O–H groups in total. The standard InChI is InChI=1S/C20H22N4O/c1-13-5-6-18-16(10-13)11-17(14(2)22-18)20(25)24-9-3-4-15(12-24)19-7-8-21-23-19/h5-8,10-11,15H,3-4,9,12H2,1-2H3,(H,21,23)/t15-/m0/s1. The molecule has 0 spiro atoms. The first-order valence-corrected chi connectivity index (χ1v) is 8.78. The minimum Gasteiger partial charge on any atom is -0.338 e. The summed E-state index contributed by atoms with van der Waals surface area (Å²) in [6, 6.07) is 10.1. The van der Waals surface area contributed by atoms with Gasteiger partial charge in [0.15, 0.2) is 0 Å². The second-order valence-electron chi connectivity index (χ2n) is 6.92. The van der Waals surface area contributed by atoms with Crippen LogP contribution in [0.1, 0.15) is 46.1 Å². The van der Waals surface area contributed by atoms with Gasteiger partial charge in [0.1, 0.15) is 0 Å². The van der Waals surface area contributed by atoms with E-state index in [1.54, 1.807) is 6.20 Å². The molecule has 0 unspecified atom stereocenters. The van der Waals surface area contributed by atoms with Gasteiger partial charge in [-0.1, -0.05) is 11.6 Å². The number of pyridine rings is 1. The molecule has 3 aromatic rings. The molecule has 1 fully saturated rings. The number of hydrogen-bond donors (Lipinski definition) is 1. The van der Waals surface area contributed by atoms with Crippen molar-refractivity contribution in [3.63, 3.8) is 0 Å². The van der Waals surface area contributed by atoms with Crippen molar-refractivity contribution in [3.8, 4) is 0 Å². The lowest BCUT2D eigenvalue weighted by Gasteiger charge is -2.32. The molecule has 0 bridgehead atoms. The highest BCUT2D eigenvalue weighted by molar-refractivity contribution is 5.98. The summed E-state index contributed by atoms with van der Waals surface area (Å²) in [5.74, 6) is 0.411. The van der Waals surface area contributed by atoms with Gasteiger partial charge >= 0.3 is 0 Å². The summed E-state index contributed by atoms with van der Waals surface area (Å²) in [6.45, 7) is 5.50. The molecule has 1 aliphatic rings. The van der Waals surface area contributed by atoms with E-state index in [0.717, 1.165) is 48.2 Å². The van der Waals surface area contributed by atoms with Crippen LogP contribution < -0.4 is 0 Å². The SMILES string of the molecule is Cc1ccc2nc(C)c(C(=O)N3CCC[C@H](c4ccn[nH]4)C3)cc2c1. The number of likely N-dealkylation sites (tertiary alicyclic amines) is 1. The normalized spacial score (nSPS) is 17.8. The molecule has 3 heterocycles. The summed E-state index contributed by atoms with van der Waals surface area (Å²) >= 11 is 0. The Morgan fingerprint density at radius 1 is 1.24 bits per heavy atom. The third-order valence-electron chi connectivity index (χ3n) is 5.06. The molecule has 25 heavy (non-hydrogen) atoms. The van der Waals surface area contributed by atoms with Crippen LogP contribution in [0.15, 0.2) is 36.5 Å². The number of carbonyl (C=O) groups excluding carboxylic acids is 1. The van der Waals surface area contributed by atoms with Crippen molar-refractivity contribution in [2.24, 2.45) is 0 Å². The fraction of sp³-hybridized carbons (Fsp3) is 0.350. The summed E-state index contributed by atoms with van der Waals surface area (Å²) in [6.07, 6.45) is 3.87. The molecule has 5 heteroatoms. The Morgan fingerprint density at radius 3 is 2.92 bits per heavy atom. The minimum atomic E-state index is 0.0811. The molecule has 5 nitrogen and oxygen atoms in total. The Kier molecular flexibility index (Phi) is 3.99. The number of aromatic nitrogens is 3. The number of rotatable bonds is 2. The molecular formula is C20H22N4O. The largest absolute Gasteiger partial charge is 0.338 e. The highest BCUT2D eigenvalue weighted by Crippen LogP contribution is 2.27. The lowest BCUT2D eigenvalue weighted by Crippen LogP contribution is -2.39. The predicted molar refractivity (Wildman–Crippen MR) is 97.7 cm³/mol. The number of nitrogens with zero attached hydrogens (tertiary/aromatic N) is 3. The van der Waals surface area contributed by atoms with Gasteiger partial charge in [0.25, 0.3) is 5.91 Å². The maximum Gasteiger partial charge on any atom is 0.255 e. The number of amides is 1. The number of carbonyl (C=O) groups is 1. The van der Waals surface area contributed by atoms with Gasteiger partial charge in [0.05, 0.1) is 16.8 Å². The van der Waals surface area contributed by atoms with Crippen LogP contribution in [0.2, 0.25) is 0 Å². The van der Waals surface area contributed by atoms with Gasteiger partial charge in [0.2, 0.25) is 0 Å². The Hall–Kier alpha value is -2.69. The van der Waals surface area contributed by atoms with Crippen LogP contribution in [0.3, 0.4) is 0 Å². The molecule has 1 aromatic carbocycles. The number of fused-ring (bicyclic) bond motifs is 1. The monoisotopic (exact) mass is 334 g/mol. The third kappa shape index (κ3) is 3.02. The van der Waals surface area contributed by atoms with Gasteiger partial charge in [0, 0.05) is 36.3 Å². The number of piperidine rings is 1. The average molecular weight is 334 g/mol. The number of nitrogens with one attached hydrogen (secondary N) is 1. The van der Waals surface area contributed by atoms with Gasteiger partial charge in [-0.05, 0) is 51.0 Å². The highest BCUT2D eigenvalue weighted by atomic mass is 16.2. The van der Waals surface area contributed by atoms with Gasteiger partial charge in [-0.15, -0.1) is 0 Å². The van der Waals surface area contributed by atoms with Crippen LogP contribution in [0.5, 0.6) is 0 Å². The summed E-state index contributed by atoms with van der Waals surface area (Å²) in [5.41, 5.74) is 4.73. The molecule has 0 aliphatic carbocycles. The van der Waals surface area contributed by atoms with Crippen LogP contribution in [0.4, 0.5) is 0 Å². The lowest BCUT2D eigenvalue weighted by molar-refractivity contribution is 0.0705. The van der Waals surface area contributed by atoms with Crippen molar-refractivity contribution < 1.29 is 4.79 Å². The zero-order valence-corrected chi connectivity index (χ0v) is 14.6. The third-order valence-corrected chi connectivity index (χ3v) is 5.06. The first-order chi connectivity index (χ1) is 12.1. The van der Waals surface area contributed by atoms with Gasteiger partial charge in [-0.25, -0.2) is 0 Å².